The molecule has 3 fully saturated rings. The van der Waals surface area contributed by atoms with Gasteiger partial charge in [-0.05, 0) is 19.3 Å². The highest BCUT2D eigenvalue weighted by molar-refractivity contribution is 7.89. The zero-order valence-electron chi connectivity index (χ0n) is 16.2. The third kappa shape index (κ3) is 4.05. The first-order valence-electron chi connectivity index (χ1n) is 9.68. The van der Waals surface area contributed by atoms with E-state index in [9.17, 15) is 21.6 Å². The summed E-state index contributed by atoms with van der Waals surface area (Å²) < 4.78 is 78.0. The summed E-state index contributed by atoms with van der Waals surface area (Å²) in [7, 11) is -2.85. The standard InChI is InChI=1S/C17H25F3N4O4S/c1-22-15(10-14(21-22)17(18,19)20)29(25,26)24-4-2-16(3-5-24)11-13(12-28-16)23-6-8-27-9-7-23/h10,13H,2-9,11-12H2,1H3. The maximum atomic E-state index is 12.9. The average Bonchev–Trinajstić information content (AvgIpc) is 3.27. The van der Waals surface area contributed by atoms with Crippen LogP contribution in [0.2, 0.25) is 0 Å². The van der Waals surface area contributed by atoms with Crippen molar-refractivity contribution >= 4 is 10.0 Å². The third-order valence-corrected chi connectivity index (χ3v) is 8.07. The molecule has 1 aromatic rings. The maximum Gasteiger partial charge on any atom is 0.435 e. The molecule has 1 unspecified atom stereocenters. The lowest BCUT2D eigenvalue weighted by molar-refractivity contribution is -0.141. The van der Waals surface area contributed by atoms with Crippen LogP contribution in [0.1, 0.15) is 25.0 Å². The number of halogens is 3. The molecule has 8 nitrogen and oxygen atoms in total. The van der Waals surface area contributed by atoms with Gasteiger partial charge in [-0.2, -0.15) is 22.6 Å². The van der Waals surface area contributed by atoms with Crippen molar-refractivity contribution in [2.24, 2.45) is 7.05 Å². The predicted octanol–water partition coefficient (Wildman–Crippen LogP) is 1.08. The second kappa shape index (κ2) is 7.49. The lowest BCUT2D eigenvalue weighted by Gasteiger charge is -2.38. The van der Waals surface area contributed by atoms with Crippen LogP contribution in [0.4, 0.5) is 13.2 Å². The molecule has 0 aromatic carbocycles. The van der Waals surface area contributed by atoms with E-state index in [1.807, 2.05) is 0 Å². The molecule has 0 bridgehead atoms. The highest BCUT2D eigenvalue weighted by atomic mass is 32.2. The van der Waals surface area contributed by atoms with Crippen molar-refractivity contribution in [3.63, 3.8) is 0 Å². The number of piperidine rings is 1. The van der Waals surface area contributed by atoms with E-state index in [2.05, 4.69) is 10.00 Å². The van der Waals surface area contributed by atoms with Crippen LogP contribution in [-0.4, -0.2) is 85.0 Å². The molecule has 164 valence electrons. The number of ether oxygens (including phenoxy) is 2. The minimum Gasteiger partial charge on any atom is -0.379 e. The SMILES string of the molecule is Cn1nc(C(F)(F)F)cc1S(=O)(=O)N1CCC2(CC1)CC(N1CCOCC1)CO2. The van der Waals surface area contributed by atoms with E-state index in [0.29, 0.717) is 44.8 Å². The molecule has 0 saturated carbocycles. The molecule has 1 atom stereocenters. The number of rotatable bonds is 3. The first kappa shape index (κ1) is 21.0. The number of morpholine rings is 1. The van der Waals surface area contributed by atoms with Crippen molar-refractivity contribution in [3.05, 3.63) is 11.8 Å². The van der Waals surface area contributed by atoms with Crippen LogP contribution >= 0.6 is 0 Å². The number of aromatic nitrogens is 2. The second-order valence-corrected chi connectivity index (χ2v) is 9.78. The first-order valence-corrected chi connectivity index (χ1v) is 11.1. The molecule has 29 heavy (non-hydrogen) atoms. The Bertz CT molecular complexity index is 843. The third-order valence-electron chi connectivity index (χ3n) is 6.12. The molecule has 3 aliphatic heterocycles. The van der Waals surface area contributed by atoms with Gasteiger partial charge in [0.1, 0.15) is 0 Å². The van der Waals surface area contributed by atoms with Gasteiger partial charge in [0.25, 0.3) is 10.0 Å². The Hall–Kier alpha value is -1.21. The van der Waals surface area contributed by atoms with Crippen molar-refractivity contribution < 1.29 is 31.1 Å². The summed E-state index contributed by atoms with van der Waals surface area (Å²) in [5, 5.41) is 2.88. The quantitative estimate of drug-likeness (QED) is 0.703. The van der Waals surface area contributed by atoms with E-state index in [1.165, 1.54) is 11.4 Å². The number of aryl methyl sites for hydroxylation is 1. The van der Waals surface area contributed by atoms with Gasteiger partial charge in [-0.15, -0.1) is 0 Å². The molecule has 0 aliphatic carbocycles. The highest BCUT2D eigenvalue weighted by Crippen LogP contribution is 2.39. The molecule has 12 heteroatoms. The Morgan fingerprint density at radius 3 is 2.41 bits per heavy atom. The first-order chi connectivity index (χ1) is 13.6. The van der Waals surface area contributed by atoms with E-state index in [0.717, 1.165) is 24.2 Å². The highest BCUT2D eigenvalue weighted by Gasteiger charge is 2.47. The molecule has 4 rings (SSSR count). The molecule has 0 radical (unpaired) electrons. The van der Waals surface area contributed by atoms with E-state index in [4.69, 9.17) is 9.47 Å². The van der Waals surface area contributed by atoms with Crippen molar-refractivity contribution in [1.29, 1.82) is 0 Å². The van der Waals surface area contributed by atoms with E-state index < -0.39 is 26.9 Å². The monoisotopic (exact) mass is 438 g/mol. The van der Waals surface area contributed by atoms with Gasteiger partial charge in [-0.25, -0.2) is 8.42 Å². The summed E-state index contributed by atoms with van der Waals surface area (Å²) >= 11 is 0. The topological polar surface area (TPSA) is 76.9 Å². The lowest BCUT2D eigenvalue weighted by atomic mass is 9.88. The number of nitrogens with zero attached hydrogens (tertiary/aromatic N) is 4. The predicted molar refractivity (Wildman–Crippen MR) is 95.7 cm³/mol. The smallest absolute Gasteiger partial charge is 0.379 e. The zero-order chi connectivity index (χ0) is 20.9. The average molecular weight is 438 g/mol. The summed E-state index contributed by atoms with van der Waals surface area (Å²) in [4.78, 5) is 2.36. The van der Waals surface area contributed by atoms with Crippen molar-refractivity contribution in [2.45, 2.75) is 42.1 Å². The van der Waals surface area contributed by atoms with Gasteiger partial charge >= 0.3 is 6.18 Å². The Balaban J connectivity index is 1.42. The van der Waals surface area contributed by atoms with Crippen molar-refractivity contribution in [3.8, 4) is 0 Å². The lowest BCUT2D eigenvalue weighted by Crippen LogP contribution is -2.48. The summed E-state index contributed by atoms with van der Waals surface area (Å²) in [6.07, 6.45) is -2.80. The van der Waals surface area contributed by atoms with Crippen LogP contribution in [-0.2, 0) is 32.7 Å². The Morgan fingerprint density at radius 2 is 1.83 bits per heavy atom. The maximum absolute atomic E-state index is 12.9. The fraction of sp³-hybridized carbons (Fsp3) is 0.824. The number of hydrogen-bond acceptors (Lipinski definition) is 6. The van der Waals surface area contributed by atoms with Gasteiger partial charge in [-0.1, -0.05) is 0 Å². The summed E-state index contributed by atoms with van der Waals surface area (Å²) in [6.45, 7) is 4.19. The summed E-state index contributed by atoms with van der Waals surface area (Å²) in [5.74, 6) is 0. The van der Waals surface area contributed by atoms with E-state index in [-0.39, 0.29) is 18.7 Å². The summed E-state index contributed by atoms with van der Waals surface area (Å²) in [5.41, 5.74) is -1.57. The Kier molecular flexibility index (Phi) is 5.43. The summed E-state index contributed by atoms with van der Waals surface area (Å²) in [6, 6.07) is 0.897. The fourth-order valence-electron chi connectivity index (χ4n) is 4.44. The molecule has 3 saturated heterocycles. The van der Waals surface area contributed by atoms with Gasteiger partial charge in [0.05, 0.1) is 25.4 Å². The normalized spacial score (nSPS) is 27.0. The number of sulfonamides is 1. The van der Waals surface area contributed by atoms with Gasteiger partial charge in [0.2, 0.25) is 0 Å². The van der Waals surface area contributed by atoms with E-state index in [1.54, 1.807) is 0 Å². The second-order valence-electron chi connectivity index (χ2n) is 7.89. The molecule has 1 spiro atoms. The molecular weight excluding hydrogens is 413 g/mol. The number of hydrogen-bond donors (Lipinski definition) is 0. The van der Waals surface area contributed by atoms with Crippen LogP contribution in [0.3, 0.4) is 0 Å². The molecular formula is C17H25F3N4O4S. The minimum atomic E-state index is -4.69. The van der Waals surface area contributed by atoms with Gasteiger partial charge in [0, 0.05) is 45.3 Å². The van der Waals surface area contributed by atoms with Crippen LogP contribution in [0.15, 0.2) is 11.1 Å². The molecule has 4 heterocycles. The minimum absolute atomic E-state index is 0.213. The van der Waals surface area contributed by atoms with Gasteiger partial charge in [0.15, 0.2) is 10.7 Å². The van der Waals surface area contributed by atoms with Crippen LogP contribution in [0, 0.1) is 0 Å². The van der Waals surface area contributed by atoms with Gasteiger partial charge in [-0.3, -0.25) is 9.58 Å². The van der Waals surface area contributed by atoms with Crippen LogP contribution in [0.5, 0.6) is 0 Å². The molecule has 0 amide bonds. The van der Waals surface area contributed by atoms with Crippen molar-refractivity contribution in [1.82, 2.24) is 19.0 Å². The Morgan fingerprint density at radius 1 is 1.17 bits per heavy atom. The molecule has 3 aliphatic rings. The molecule has 1 aromatic heterocycles. The Labute approximate surface area is 167 Å². The molecule has 0 N–H and O–H groups in total. The van der Waals surface area contributed by atoms with Crippen molar-refractivity contribution in [2.75, 3.05) is 46.0 Å². The number of alkyl halides is 3. The van der Waals surface area contributed by atoms with Crippen LogP contribution < -0.4 is 0 Å². The zero-order valence-corrected chi connectivity index (χ0v) is 17.0. The largest absolute Gasteiger partial charge is 0.435 e. The van der Waals surface area contributed by atoms with Gasteiger partial charge < -0.3 is 9.47 Å². The van der Waals surface area contributed by atoms with E-state index >= 15 is 0 Å². The fourth-order valence-corrected chi connectivity index (χ4v) is 6.01. The van der Waals surface area contributed by atoms with Crippen LogP contribution in [0.25, 0.3) is 0 Å².